The topological polar surface area (TPSA) is 66.6 Å². The number of nitrogen functional groups attached to an aromatic ring is 1. The van der Waals surface area contributed by atoms with Crippen LogP contribution in [0, 0.1) is 3.57 Å². The Morgan fingerprint density at radius 3 is 2.42 bits per heavy atom. The molecule has 0 aliphatic carbocycles. The van der Waals surface area contributed by atoms with Crippen molar-refractivity contribution in [2.75, 3.05) is 38.2 Å². The number of benzene rings is 1. The molecule has 1 aromatic carbocycles. The van der Waals surface area contributed by atoms with Gasteiger partial charge in [-0.25, -0.2) is 8.42 Å². The number of rotatable bonds is 3. The third kappa shape index (κ3) is 4.04. The van der Waals surface area contributed by atoms with E-state index in [1.54, 1.807) is 0 Å². The number of anilines is 1. The van der Waals surface area contributed by atoms with Crippen molar-refractivity contribution in [2.24, 2.45) is 0 Å². The molecule has 1 saturated heterocycles. The van der Waals surface area contributed by atoms with Gasteiger partial charge in [-0.1, -0.05) is 6.07 Å². The number of nitrogens with two attached hydrogens (primary N) is 1. The molecule has 2 rings (SSSR count). The summed E-state index contributed by atoms with van der Waals surface area (Å²) >= 11 is 2.23. The van der Waals surface area contributed by atoms with E-state index in [9.17, 15) is 8.42 Å². The van der Waals surface area contributed by atoms with Crippen molar-refractivity contribution in [3.05, 3.63) is 27.3 Å². The number of nitrogens with zero attached hydrogens (tertiary/aromatic N) is 2. The lowest BCUT2D eigenvalue weighted by atomic mass is 10.2. The van der Waals surface area contributed by atoms with E-state index in [0.717, 1.165) is 28.9 Å². The van der Waals surface area contributed by atoms with Gasteiger partial charge >= 0.3 is 0 Å². The zero-order valence-electron chi connectivity index (χ0n) is 10.8. The van der Waals surface area contributed by atoms with Crippen LogP contribution in [0.15, 0.2) is 18.2 Å². The summed E-state index contributed by atoms with van der Waals surface area (Å²) in [5, 5.41) is 0. The molecule has 106 valence electrons. The molecule has 0 unspecified atom stereocenters. The van der Waals surface area contributed by atoms with Crippen LogP contribution < -0.4 is 5.73 Å². The van der Waals surface area contributed by atoms with E-state index in [0.29, 0.717) is 13.1 Å². The Kier molecular flexibility index (Phi) is 4.70. The minimum absolute atomic E-state index is 0.574. The average Bonchev–Trinajstić information content (AvgIpc) is 2.33. The maximum Gasteiger partial charge on any atom is 0.211 e. The summed E-state index contributed by atoms with van der Waals surface area (Å²) in [6, 6.07) is 6.03. The Morgan fingerprint density at radius 1 is 1.26 bits per heavy atom. The van der Waals surface area contributed by atoms with Crippen molar-refractivity contribution < 1.29 is 8.42 Å². The van der Waals surface area contributed by atoms with Gasteiger partial charge in [-0.3, -0.25) is 4.90 Å². The third-order valence-corrected chi connectivity index (χ3v) is 5.51. The second kappa shape index (κ2) is 5.94. The maximum atomic E-state index is 11.4. The monoisotopic (exact) mass is 395 g/mol. The molecule has 0 aromatic heterocycles. The molecular formula is C12H18IN3O2S. The number of hydrogen-bond acceptors (Lipinski definition) is 4. The predicted octanol–water partition coefficient (Wildman–Crippen LogP) is 0.951. The molecule has 2 N–H and O–H groups in total. The first-order valence-corrected chi connectivity index (χ1v) is 9.00. The summed E-state index contributed by atoms with van der Waals surface area (Å²) in [6.45, 7) is 3.53. The summed E-state index contributed by atoms with van der Waals surface area (Å²) in [7, 11) is -3.05. The van der Waals surface area contributed by atoms with Gasteiger partial charge in [0.2, 0.25) is 10.0 Å². The highest BCUT2D eigenvalue weighted by Crippen LogP contribution is 2.18. The molecule has 19 heavy (non-hydrogen) atoms. The van der Waals surface area contributed by atoms with Crippen molar-refractivity contribution in [2.45, 2.75) is 6.54 Å². The molecule has 1 aliphatic rings. The minimum Gasteiger partial charge on any atom is -0.398 e. The number of piperazine rings is 1. The van der Waals surface area contributed by atoms with Crippen LogP contribution in [0.1, 0.15) is 5.56 Å². The van der Waals surface area contributed by atoms with E-state index in [4.69, 9.17) is 5.73 Å². The molecule has 5 nitrogen and oxygen atoms in total. The Balaban J connectivity index is 1.94. The second-order valence-corrected chi connectivity index (χ2v) is 7.94. The van der Waals surface area contributed by atoms with Crippen molar-refractivity contribution in [1.82, 2.24) is 9.21 Å². The highest BCUT2D eigenvalue weighted by molar-refractivity contribution is 14.1. The number of hydrogen-bond donors (Lipinski definition) is 1. The molecule has 0 bridgehead atoms. The van der Waals surface area contributed by atoms with Gasteiger partial charge in [-0.2, -0.15) is 4.31 Å². The first-order chi connectivity index (χ1) is 8.86. The van der Waals surface area contributed by atoms with Crippen LogP contribution in [0.3, 0.4) is 0 Å². The quantitative estimate of drug-likeness (QED) is 0.612. The molecule has 0 amide bonds. The summed E-state index contributed by atoms with van der Waals surface area (Å²) in [6.07, 6.45) is 1.27. The van der Waals surface area contributed by atoms with Gasteiger partial charge in [-0.15, -0.1) is 0 Å². The fourth-order valence-electron chi connectivity index (χ4n) is 2.15. The van der Waals surface area contributed by atoms with Crippen molar-refractivity contribution in [1.29, 1.82) is 0 Å². The zero-order valence-corrected chi connectivity index (χ0v) is 13.8. The van der Waals surface area contributed by atoms with Gasteiger partial charge in [0.1, 0.15) is 0 Å². The molecule has 0 radical (unpaired) electrons. The lowest BCUT2D eigenvalue weighted by Gasteiger charge is -2.33. The Bertz CT molecular complexity index is 554. The van der Waals surface area contributed by atoms with Gasteiger partial charge in [0.25, 0.3) is 0 Å². The minimum atomic E-state index is -3.05. The Labute approximate surface area is 127 Å². The smallest absolute Gasteiger partial charge is 0.211 e. The lowest BCUT2D eigenvalue weighted by molar-refractivity contribution is 0.182. The van der Waals surface area contributed by atoms with E-state index < -0.39 is 10.0 Å². The van der Waals surface area contributed by atoms with Crippen molar-refractivity contribution >= 4 is 38.3 Å². The molecule has 1 heterocycles. The highest BCUT2D eigenvalue weighted by atomic mass is 127. The second-order valence-electron chi connectivity index (χ2n) is 4.79. The van der Waals surface area contributed by atoms with E-state index in [2.05, 4.69) is 33.6 Å². The first kappa shape index (κ1) is 15.0. The fourth-order valence-corrected chi connectivity index (χ4v) is 3.55. The Hall–Kier alpha value is -0.380. The van der Waals surface area contributed by atoms with E-state index >= 15 is 0 Å². The third-order valence-electron chi connectivity index (χ3n) is 3.27. The normalized spacial score (nSPS) is 18.6. The van der Waals surface area contributed by atoms with E-state index in [1.807, 2.05) is 12.1 Å². The number of halogens is 1. The van der Waals surface area contributed by atoms with Crippen LogP contribution in [0.4, 0.5) is 5.69 Å². The van der Waals surface area contributed by atoms with Crippen molar-refractivity contribution in [3.8, 4) is 0 Å². The van der Waals surface area contributed by atoms with Gasteiger partial charge in [0.05, 0.1) is 6.26 Å². The first-order valence-electron chi connectivity index (χ1n) is 6.07. The fraction of sp³-hybridized carbons (Fsp3) is 0.500. The van der Waals surface area contributed by atoms with Gasteiger partial charge < -0.3 is 5.73 Å². The summed E-state index contributed by atoms with van der Waals surface area (Å²) in [5.74, 6) is 0. The number of sulfonamides is 1. The molecule has 1 fully saturated rings. The van der Waals surface area contributed by atoms with Crippen molar-refractivity contribution in [3.63, 3.8) is 0 Å². The van der Waals surface area contributed by atoms with Crippen LogP contribution >= 0.6 is 22.6 Å². The van der Waals surface area contributed by atoms with Gasteiger partial charge in [-0.05, 0) is 40.3 Å². The highest BCUT2D eigenvalue weighted by Gasteiger charge is 2.23. The SMILES string of the molecule is CS(=O)(=O)N1CCN(Cc2ccc(N)c(I)c2)CC1. The van der Waals surface area contributed by atoms with Crippen LogP contribution in [0.25, 0.3) is 0 Å². The maximum absolute atomic E-state index is 11.4. The lowest BCUT2D eigenvalue weighted by Crippen LogP contribution is -2.47. The van der Waals surface area contributed by atoms with Crippen LogP contribution in [-0.2, 0) is 16.6 Å². The Morgan fingerprint density at radius 2 is 1.89 bits per heavy atom. The molecule has 1 aliphatic heterocycles. The largest absolute Gasteiger partial charge is 0.398 e. The van der Waals surface area contributed by atoms with E-state index in [-0.39, 0.29) is 0 Å². The van der Waals surface area contributed by atoms with Gasteiger partial charge in [0.15, 0.2) is 0 Å². The summed E-state index contributed by atoms with van der Waals surface area (Å²) < 4.78 is 25.4. The van der Waals surface area contributed by atoms with Gasteiger partial charge in [0, 0.05) is 42.0 Å². The van der Waals surface area contributed by atoms with Crippen LogP contribution in [0.5, 0.6) is 0 Å². The standard InChI is InChI=1S/C12H18IN3O2S/c1-19(17,18)16-6-4-15(5-7-16)9-10-2-3-12(14)11(13)8-10/h2-3,8H,4-7,9,14H2,1H3. The average molecular weight is 395 g/mol. The molecule has 7 heteroatoms. The molecule has 1 aromatic rings. The molecule has 0 atom stereocenters. The predicted molar refractivity (Wildman–Crippen MR) is 85.3 cm³/mol. The summed E-state index contributed by atoms with van der Waals surface area (Å²) in [4.78, 5) is 2.27. The molecular weight excluding hydrogens is 377 g/mol. The summed E-state index contributed by atoms with van der Waals surface area (Å²) in [5.41, 5.74) is 7.81. The molecule has 0 saturated carbocycles. The molecule has 0 spiro atoms. The van der Waals surface area contributed by atoms with Crippen LogP contribution in [-0.4, -0.2) is 50.1 Å². The van der Waals surface area contributed by atoms with Crippen LogP contribution in [0.2, 0.25) is 0 Å². The van der Waals surface area contributed by atoms with E-state index in [1.165, 1.54) is 16.1 Å². The zero-order chi connectivity index (χ0) is 14.0.